The predicted octanol–water partition coefficient (Wildman–Crippen LogP) is 4.59. The van der Waals surface area contributed by atoms with Crippen molar-refractivity contribution in [1.29, 1.82) is 0 Å². The van der Waals surface area contributed by atoms with Crippen molar-refractivity contribution < 1.29 is 4.79 Å². The van der Waals surface area contributed by atoms with Gasteiger partial charge in [0.15, 0.2) is 4.77 Å². The number of carbonyl (C=O) groups excluding carboxylic acids is 1. The van der Waals surface area contributed by atoms with E-state index in [1.807, 2.05) is 29.2 Å². The summed E-state index contributed by atoms with van der Waals surface area (Å²) in [5, 5.41) is 0.654. The number of para-hydroxylation sites is 1. The smallest absolute Gasteiger partial charge is 0.262 e. The van der Waals surface area contributed by atoms with E-state index >= 15 is 0 Å². The van der Waals surface area contributed by atoms with Gasteiger partial charge in [0.25, 0.3) is 5.56 Å². The van der Waals surface area contributed by atoms with Crippen LogP contribution in [-0.2, 0) is 11.3 Å². The highest BCUT2D eigenvalue weighted by atomic mass is 32.1. The van der Waals surface area contributed by atoms with Crippen molar-refractivity contribution in [2.75, 3.05) is 31.1 Å². The zero-order valence-corrected chi connectivity index (χ0v) is 20.3. The van der Waals surface area contributed by atoms with Crippen molar-refractivity contribution in [1.82, 2.24) is 14.5 Å². The topological polar surface area (TPSA) is 61.3 Å². The molecule has 33 heavy (non-hydrogen) atoms. The molecule has 0 atom stereocenters. The van der Waals surface area contributed by atoms with Gasteiger partial charge in [0.1, 0.15) is 0 Å². The Morgan fingerprint density at radius 2 is 1.73 bits per heavy atom. The van der Waals surface area contributed by atoms with Crippen molar-refractivity contribution >= 4 is 34.7 Å². The lowest BCUT2D eigenvalue weighted by Crippen LogP contribution is -2.49. The number of rotatable bonds is 7. The molecule has 1 aliphatic heterocycles. The van der Waals surface area contributed by atoms with Gasteiger partial charge in [-0.05, 0) is 68.2 Å². The molecule has 0 aliphatic carbocycles. The zero-order valence-electron chi connectivity index (χ0n) is 19.5. The highest BCUT2D eigenvalue weighted by molar-refractivity contribution is 7.71. The fourth-order valence-corrected chi connectivity index (χ4v) is 4.84. The van der Waals surface area contributed by atoms with Crippen molar-refractivity contribution in [3.63, 3.8) is 0 Å². The van der Waals surface area contributed by atoms with E-state index in [1.54, 1.807) is 4.57 Å². The molecular weight excluding hydrogens is 432 g/mol. The molecule has 3 aromatic rings. The number of amides is 1. The molecule has 1 aromatic heterocycles. The lowest BCUT2D eigenvalue weighted by Gasteiger charge is -2.37. The summed E-state index contributed by atoms with van der Waals surface area (Å²) >= 11 is 5.37. The summed E-state index contributed by atoms with van der Waals surface area (Å²) < 4.78 is 2.09. The minimum Gasteiger partial charge on any atom is -0.368 e. The summed E-state index contributed by atoms with van der Waals surface area (Å²) in [7, 11) is 0. The maximum absolute atomic E-state index is 12.7. The van der Waals surface area contributed by atoms with Crippen LogP contribution in [0.4, 0.5) is 5.69 Å². The maximum atomic E-state index is 12.7. The number of H-pyrrole nitrogens is 1. The quantitative estimate of drug-likeness (QED) is 0.411. The summed E-state index contributed by atoms with van der Waals surface area (Å²) in [6, 6.07) is 13.8. The van der Waals surface area contributed by atoms with Crippen LogP contribution in [0.15, 0.2) is 47.3 Å². The first kappa shape index (κ1) is 23.2. The minimum absolute atomic E-state index is 0.0489. The monoisotopic (exact) mass is 464 g/mol. The normalized spacial score (nSPS) is 14.1. The number of unbranched alkanes of at least 4 members (excludes halogenated alkanes) is 2. The summed E-state index contributed by atoms with van der Waals surface area (Å²) in [4.78, 5) is 32.9. The number of aromatic amines is 1. The fourth-order valence-electron chi connectivity index (χ4n) is 4.56. The van der Waals surface area contributed by atoms with E-state index in [0.717, 1.165) is 51.0 Å². The van der Waals surface area contributed by atoms with Crippen molar-refractivity contribution in [2.45, 2.75) is 46.1 Å². The van der Waals surface area contributed by atoms with Gasteiger partial charge in [-0.15, -0.1) is 0 Å². The second kappa shape index (κ2) is 10.3. The van der Waals surface area contributed by atoms with Crippen LogP contribution < -0.4 is 10.5 Å². The van der Waals surface area contributed by atoms with Crippen LogP contribution in [0.5, 0.6) is 0 Å². The van der Waals surface area contributed by atoms with Gasteiger partial charge in [-0.25, -0.2) is 0 Å². The number of hydrogen-bond acceptors (Lipinski definition) is 4. The Hall–Kier alpha value is -2.93. The molecule has 0 unspecified atom stereocenters. The van der Waals surface area contributed by atoms with Crippen LogP contribution in [0.3, 0.4) is 0 Å². The standard InChI is InChI=1S/C26H32N4O2S/c1-19-9-8-12-23(20(19)2)28-15-17-29(18-16-28)24(31)13-4-3-7-14-30-25(32)21-10-5-6-11-22(21)27-26(30)33/h5-6,8-12H,3-4,7,13-18H2,1-2H3,(H,27,33). The second-order valence-electron chi connectivity index (χ2n) is 8.83. The third-order valence-corrected chi connectivity index (χ3v) is 7.03. The number of carbonyl (C=O) groups is 1. The van der Waals surface area contributed by atoms with Gasteiger partial charge in [0, 0.05) is 44.8 Å². The molecule has 2 aromatic carbocycles. The first-order chi connectivity index (χ1) is 16.0. The Morgan fingerprint density at radius 1 is 0.970 bits per heavy atom. The molecule has 1 amide bonds. The number of hydrogen-bond donors (Lipinski definition) is 1. The molecule has 0 bridgehead atoms. The van der Waals surface area contributed by atoms with E-state index in [4.69, 9.17) is 12.2 Å². The SMILES string of the molecule is Cc1cccc(N2CCN(C(=O)CCCCCn3c(=S)[nH]c4ccccc4c3=O)CC2)c1C. The molecule has 0 saturated carbocycles. The number of aryl methyl sites for hydroxylation is 1. The van der Waals surface area contributed by atoms with Gasteiger partial charge in [-0.2, -0.15) is 0 Å². The third-order valence-electron chi connectivity index (χ3n) is 6.71. The minimum atomic E-state index is -0.0489. The van der Waals surface area contributed by atoms with Gasteiger partial charge in [0.2, 0.25) is 5.91 Å². The molecule has 0 spiro atoms. The van der Waals surface area contributed by atoms with Gasteiger partial charge in [-0.1, -0.05) is 30.7 Å². The van der Waals surface area contributed by atoms with Crippen molar-refractivity contribution in [3.05, 3.63) is 68.7 Å². The third kappa shape index (κ3) is 5.19. The molecule has 1 N–H and O–H groups in total. The Kier molecular flexibility index (Phi) is 7.28. The predicted molar refractivity (Wildman–Crippen MR) is 137 cm³/mol. The number of piperazine rings is 1. The van der Waals surface area contributed by atoms with Gasteiger partial charge in [-0.3, -0.25) is 14.2 Å². The zero-order chi connectivity index (χ0) is 23.4. The molecule has 7 heteroatoms. The summed E-state index contributed by atoms with van der Waals surface area (Å²) in [6.45, 7) is 8.17. The summed E-state index contributed by atoms with van der Waals surface area (Å²) in [5.41, 5.74) is 4.63. The van der Waals surface area contributed by atoms with Crippen molar-refractivity contribution in [2.24, 2.45) is 0 Å². The van der Waals surface area contributed by atoms with Crippen LogP contribution in [0.2, 0.25) is 0 Å². The lowest BCUT2D eigenvalue weighted by molar-refractivity contribution is -0.131. The second-order valence-corrected chi connectivity index (χ2v) is 9.22. The van der Waals surface area contributed by atoms with E-state index in [9.17, 15) is 9.59 Å². The summed E-state index contributed by atoms with van der Waals surface area (Å²) in [6.07, 6.45) is 3.10. The summed E-state index contributed by atoms with van der Waals surface area (Å²) in [5.74, 6) is 0.232. The van der Waals surface area contributed by atoms with Crippen LogP contribution >= 0.6 is 12.2 Å². The molecular formula is C26H32N4O2S. The first-order valence-corrected chi connectivity index (χ1v) is 12.2. The van der Waals surface area contributed by atoms with Crippen LogP contribution in [0, 0.1) is 18.6 Å². The Morgan fingerprint density at radius 3 is 2.52 bits per heavy atom. The lowest BCUT2D eigenvalue weighted by atomic mass is 10.1. The van der Waals surface area contributed by atoms with Gasteiger partial charge >= 0.3 is 0 Å². The van der Waals surface area contributed by atoms with E-state index < -0.39 is 0 Å². The number of nitrogens with one attached hydrogen (secondary N) is 1. The molecule has 1 saturated heterocycles. The van der Waals surface area contributed by atoms with Crippen LogP contribution in [-0.4, -0.2) is 46.5 Å². The van der Waals surface area contributed by atoms with E-state index in [1.165, 1.54) is 16.8 Å². The number of fused-ring (bicyclic) bond motifs is 1. The largest absolute Gasteiger partial charge is 0.368 e. The molecule has 6 nitrogen and oxygen atoms in total. The molecule has 2 heterocycles. The highest BCUT2D eigenvalue weighted by Crippen LogP contribution is 2.24. The van der Waals surface area contributed by atoms with E-state index in [2.05, 4.69) is 41.9 Å². The van der Waals surface area contributed by atoms with Crippen LogP contribution in [0.1, 0.15) is 36.8 Å². The average Bonchev–Trinajstić information content (AvgIpc) is 2.82. The molecule has 0 radical (unpaired) electrons. The Labute approximate surface area is 199 Å². The van der Waals surface area contributed by atoms with Gasteiger partial charge < -0.3 is 14.8 Å². The first-order valence-electron chi connectivity index (χ1n) is 11.8. The highest BCUT2D eigenvalue weighted by Gasteiger charge is 2.22. The Balaban J connectivity index is 1.22. The van der Waals surface area contributed by atoms with E-state index in [-0.39, 0.29) is 11.5 Å². The Bertz CT molecular complexity index is 1260. The van der Waals surface area contributed by atoms with Gasteiger partial charge in [0.05, 0.1) is 10.9 Å². The molecule has 1 aliphatic rings. The number of benzene rings is 2. The molecule has 1 fully saturated rings. The van der Waals surface area contributed by atoms with Crippen LogP contribution in [0.25, 0.3) is 10.9 Å². The maximum Gasteiger partial charge on any atom is 0.262 e. The van der Waals surface area contributed by atoms with E-state index in [0.29, 0.717) is 23.1 Å². The average molecular weight is 465 g/mol. The number of anilines is 1. The number of aromatic nitrogens is 2. The molecule has 4 rings (SSSR count). The number of nitrogens with zero attached hydrogens (tertiary/aromatic N) is 3. The molecule has 174 valence electrons. The van der Waals surface area contributed by atoms with Crippen molar-refractivity contribution in [3.8, 4) is 0 Å². The fraction of sp³-hybridized carbons (Fsp3) is 0.423.